The molecule has 8 nitrogen and oxygen atoms in total. The lowest BCUT2D eigenvalue weighted by Crippen LogP contribution is -2.35. The van der Waals surface area contributed by atoms with Gasteiger partial charge in [0, 0.05) is 5.56 Å². The van der Waals surface area contributed by atoms with Crippen molar-refractivity contribution >= 4 is 5.78 Å². The summed E-state index contributed by atoms with van der Waals surface area (Å²) in [4.78, 5) is 8.33. The first-order valence-electron chi connectivity index (χ1n) is 7.95. The Labute approximate surface area is 143 Å². The molecule has 4 aromatic rings. The lowest BCUT2D eigenvalue weighted by atomic mass is 9.94. The van der Waals surface area contributed by atoms with Gasteiger partial charge in [0.25, 0.3) is 0 Å². The van der Waals surface area contributed by atoms with Crippen LogP contribution in [-0.4, -0.2) is 25.3 Å². The Morgan fingerprint density at radius 3 is 2.84 bits per heavy atom. The summed E-state index contributed by atoms with van der Waals surface area (Å²) in [7, 11) is 0. The average molecular weight is 336 g/mol. The highest BCUT2D eigenvalue weighted by molar-refractivity contribution is 5.20. The van der Waals surface area contributed by atoms with Gasteiger partial charge in [0.1, 0.15) is 6.20 Å². The summed E-state index contributed by atoms with van der Waals surface area (Å²) in [5, 5.41) is 11.2. The first kappa shape index (κ1) is 15.4. The number of aromatic amines is 1. The zero-order valence-electron chi connectivity index (χ0n) is 13.8. The normalized spacial score (nSPS) is 13.8. The maximum Gasteiger partial charge on any atom is 0.456 e. The first-order valence-corrected chi connectivity index (χ1v) is 7.95. The predicted octanol–water partition coefficient (Wildman–Crippen LogP) is 0.934. The molecule has 3 N–H and O–H groups in total. The number of aromatic nitrogens is 6. The van der Waals surface area contributed by atoms with Crippen LogP contribution < -0.4 is 10.2 Å². The smallest absolute Gasteiger partial charge is 0.423 e. The van der Waals surface area contributed by atoms with E-state index in [0.717, 1.165) is 11.1 Å². The summed E-state index contributed by atoms with van der Waals surface area (Å²) in [5.41, 5.74) is 7.73. The fourth-order valence-electron chi connectivity index (χ4n) is 2.72. The number of H-pyrrole nitrogens is 1. The Balaban J connectivity index is 1.52. The van der Waals surface area contributed by atoms with Gasteiger partial charge in [0.05, 0.1) is 18.2 Å². The van der Waals surface area contributed by atoms with E-state index in [9.17, 15) is 0 Å². The van der Waals surface area contributed by atoms with Gasteiger partial charge < -0.3 is 10.2 Å². The van der Waals surface area contributed by atoms with Crippen molar-refractivity contribution in [2.75, 3.05) is 0 Å². The summed E-state index contributed by atoms with van der Waals surface area (Å²) in [5.74, 6) is 1.53. The molecule has 1 aromatic carbocycles. The van der Waals surface area contributed by atoms with E-state index >= 15 is 0 Å². The lowest BCUT2D eigenvalue weighted by Gasteiger charge is -2.20. The zero-order chi connectivity index (χ0) is 17.3. The summed E-state index contributed by atoms with van der Waals surface area (Å²) >= 11 is 0. The lowest BCUT2D eigenvalue weighted by molar-refractivity contribution is -0.580. The van der Waals surface area contributed by atoms with Gasteiger partial charge in [0.2, 0.25) is 11.8 Å². The third kappa shape index (κ3) is 3.24. The summed E-state index contributed by atoms with van der Waals surface area (Å²) in [6, 6.07) is 10.0. The fraction of sp³-hybridized carbons (Fsp3) is 0.235. The van der Waals surface area contributed by atoms with Crippen molar-refractivity contribution in [2.45, 2.75) is 25.3 Å². The van der Waals surface area contributed by atoms with Gasteiger partial charge in [-0.3, -0.25) is 0 Å². The number of hydrogen-bond donors (Lipinski definition) is 2. The molecule has 0 aliphatic heterocycles. The molecule has 4 rings (SSSR count). The van der Waals surface area contributed by atoms with Gasteiger partial charge in [0.15, 0.2) is 6.33 Å². The minimum Gasteiger partial charge on any atom is -0.423 e. The van der Waals surface area contributed by atoms with Crippen molar-refractivity contribution < 1.29 is 8.93 Å². The van der Waals surface area contributed by atoms with Crippen molar-refractivity contribution in [2.24, 2.45) is 5.73 Å². The number of nitrogens with one attached hydrogen (secondary N) is 1. The van der Waals surface area contributed by atoms with E-state index in [0.29, 0.717) is 30.4 Å². The minimum absolute atomic E-state index is 0.426. The van der Waals surface area contributed by atoms with Crippen LogP contribution in [0.3, 0.4) is 0 Å². The van der Waals surface area contributed by atoms with Crippen LogP contribution in [0.15, 0.2) is 53.5 Å². The molecule has 0 saturated heterocycles. The van der Waals surface area contributed by atoms with Gasteiger partial charge >= 0.3 is 5.78 Å². The van der Waals surface area contributed by atoms with Crippen LogP contribution >= 0.6 is 0 Å². The molecule has 0 amide bonds. The van der Waals surface area contributed by atoms with E-state index in [1.54, 1.807) is 17.0 Å². The maximum atomic E-state index is 6.41. The van der Waals surface area contributed by atoms with Gasteiger partial charge in [-0.1, -0.05) is 40.3 Å². The Kier molecular flexibility index (Phi) is 3.73. The zero-order valence-corrected chi connectivity index (χ0v) is 13.8. The average Bonchev–Trinajstić information content (AvgIpc) is 3.24. The predicted molar refractivity (Wildman–Crippen MR) is 88.3 cm³/mol. The molecule has 0 bridgehead atoms. The third-order valence-corrected chi connectivity index (χ3v) is 3.96. The second kappa shape index (κ2) is 6.06. The number of nitrogens with zero attached hydrogens (tertiary/aromatic N) is 5. The molecule has 3 heterocycles. The van der Waals surface area contributed by atoms with Crippen LogP contribution in [0.2, 0.25) is 0 Å². The molecule has 0 saturated carbocycles. The SMILES string of the molecule is C[C@@](N)(Cc1ccccc1)c1nnc(Cc2cnc3nc[nH][n+]3c2)o1. The molecule has 0 unspecified atom stereocenters. The van der Waals surface area contributed by atoms with Crippen LogP contribution in [0, 0.1) is 0 Å². The Morgan fingerprint density at radius 1 is 1.16 bits per heavy atom. The summed E-state index contributed by atoms with van der Waals surface area (Å²) < 4.78 is 7.54. The van der Waals surface area contributed by atoms with E-state index in [1.165, 1.54) is 0 Å². The van der Waals surface area contributed by atoms with Gasteiger partial charge in [-0.15, -0.1) is 14.7 Å². The topological polar surface area (TPSA) is 111 Å². The van der Waals surface area contributed by atoms with Crippen LogP contribution in [0.5, 0.6) is 0 Å². The van der Waals surface area contributed by atoms with Crippen molar-refractivity contribution in [1.29, 1.82) is 0 Å². The Morgan fingerprint density at radius 2 is 2.00 bits per heavy atom. The highest BCUT2D eigenvalue weighted by Crippen LogP contribution is 2.22. The maximum absolute atomic E-state index is 6.41. The molecule has 1 atom stereocenters. The van der Waals surface area contributed by atoms with Gasteiger partial charge in [-0.05, 0) is 18.9 Å². The Hall–Kier alpha value is -3.13. The van der Waals surface area contributed by atoms with Crippen LogP contribution in [0.4, 0.5) is 0 Å². The Bertz CT molecular complexity index is 990. The van der Waals surface area contributed by atoms with E-state index in [2.05, 4.69) is 25.3 Å². The van der Waals surface area contributed by atoms with Crippen molar-refractivity contribution in [1.82, 2.24) is 25.3 Å². The van der Waals surface area contributed by atoms with Crippen LogP contribution in [0.25, 0.3) is 5.78 Å². The largest absolute Gasteiger partial charge is 0.456 e. The molecule has 3 aromatic heterocycles. The van der Waals surface area contributed by atoms with E-state index in [-0.39, 0.29) is 0 Å². The second-order valence-corrected chi connectivity index (χ2v) is 6.28. The van der Waals surface area contributed by atoms with E-state index in [4.69, 9.17) is 10.2 Å². The highest BCUT2D eigenvalue weighted by Gasteiger charge is 2.28. The number of benzene rings is 1. The molecule has 0 radical (unpaired) electrons. The van der Waals surface area contributed by atoms with Gasteiger partial charge in [-0.2, -0.15) is 0 Å². The molecule has 0 fully saturated rings. The van der Waals surface area contributed by atoms with Crippen molar-refractivity contribution in [3.8, 4) is 0 Å². The number of hydrogen-bond acceptors (Lipinski definition) is 6. The molecular formula is C17H18N7O+. The molecule has 0 aliphatic carbocycles. The molecule has 126 valence electrons. The van der Waals surface area contributed by atoms with E-state index in [1.807, 2.05) is 43.5 Å². The van der Waals surface area contributed by atoms with Crippen LogP contribution in [0.1, 0.15) is 29.8 Å². The number of nitrogens with two attached hydrogens (primary N) is 1. The molecule has 0 spiro atoms. The first-order chi connectivity index (χ1) is 12.1. The van der Waals surface area contributed by atoms with Crippen LogP contribution in [-0.2, 0) is 18.4 Å². The summed E-state index contributed by atoms with van der Waals surface area (Å²) in [6.07, 6.45) is 6.31. The highest BCUT2D eigenvalue weighted by atomic mass is 16.4. The van der Waals surface area contributed by atoms with Crippen molar-refractivity contribution in [3.63, 3.8) is 0 Å². The molecule has 0 aliphatic rings. The van der Waals surface area contributed by atoms with E-state index < -0.39 is 5.54 Å². The molecular weight excluding hydrogens is 318 g/mol. The summed E-state index contributed by atoms with van der Waals surface area (Å²) in [6.45, 7) is 1.89. The van der Waals surface area contributed by atoms with Crippen molar-refractivity contribution in [3.05, 3.63) is 72.0 Å². The number of rotatable bonds is 5. The fourth-order valence-corrected chi connectivity index (χ4v) is 2.72. The minimum atomic E-state index is -0.729. The standard InChI is InChI=1S/C17H17N7O/c1-17(18,8-12-5-3-2-4-6-12)15-23-22-14(25-15)7-13-9-19-16-20-11-21-24(16)10-13/h2-6,9-11H,7-8,18H2,1H3/p+1/t17-/m1/s1. The second-order valence-electron chi connectivity index (χ2n) is 6.28. The molecule has 8 heteroatoms. The third-order valence-electron chi connectivity index (χ3n) is 3.96. The molecule has 25 heavy (non-hydrogen) atoms. The monoisotopic (exact) mass is 336 g/mol. The quantitative estimate of drug-likeness (QED) is 0.525. The van der Waals surface area contributed by atoms with Gasteiger partial charge in [-0.25, -0.2) is 5.10 Å². The number of fused-ring (bicyclic) bond motifs is 1.